The lowest BCUT2D eigenvalue weighted by atomic mass is 9.91. The molecule has 0 spiro atoms. The number of benzene rings is 2. The average molecular weight is 503 g/mol. The third-order valence-corrected chi connectivity index (χ3v) is 9.23. The number of hydrogen-bond donors (Lipinski definition) is 2. The predicted molar refractivity (Wildman–Crippen MR) is 135 cm³/mol. The van der Waals surface area contributed by atoms with Gasteiger partial charge < -0.3 is 10.6 Å². The number of rotatable bonds is 4. The van der Waals surface area contributed by atoms with Crippen LogP contribution in [0.5, 0.6) is 0 Å². The van der Waals surface area contributed by atoms with Crippen LogP contribution in [0.4, 0.5) is 0 Å². The molecular formula is C24H20Cl2N2O2S2. The summed E-state index contributed by atoms with van der Waals surface area (Å²) in [6, 6.07) is 15.7. The zero-order chi connectivity index (χ0) is 22.2. The van der Waals surface area contributed by atoms with Crippen molar-refractivity contribution in [3.8, 4) is 0 Å². The van der Waals surface area contributed by atoms with E-state index < -0.39 is 0 Å². The van der Waals surface area contributed by atoms with Crippen molar-refractivity contribution in [1.29, 1.82) is 0 Å². The third kappa shape index (κ3) is 4.13. The van der Waals surface area contributed by atoms with Gasteiger partial charge in [0.05, 0.1) is 10.0 Å². The second-order valence-electron chi connectivity index (χ2n) is 7.98. The zero-order valence-electron chi connectivity index (χ0n) is 17.0. The van der Waals surface area contributed by atoms with E-state index in [1.165, 1.54) is 22.7 Å². The Bertz CT molecular complexity index is 1220. The summed E-state index contributed by atoms with van der Waals surface area (Å²) < 4.78 is 2.02. The smallest absolute Gasteiger partial charge is 0.263 e. The Balaban J connectivity index is 1.18. The molecular weight excluding hydrogens is 483 g/mol. The van der Waals surface area contributed by atoms with Gasteiger partial charge in [0.1, 0.15) is 9.75 Å². The van der Waals surface area contributed by atoms with Crippen molar-refractivity contribution in [3.63, 3.8) is 0 Å². The molecule has 2 N–H and O–H groups in total. The van der Waals surface area contributed by atoms with E-state index in [-0.39, 0.29) is 23.9 Å². The van der Waals surface area contributed by atoms with E-state index in [9.17, 15) is 9.59 Å². The first-order valence-electron chi connectivity index (χ1n) is 10.5. The summed E-state index contributed by atoms with van der Waals surface area (Å²) >= 11 is 15.7. The Labute approximate surface area is 203 Å². The SMILES string of the molecule is O=C(NC1CCC(NC(=O)c2sc3ccccc3c2Cl)CC1)c1sc2ccccc2c1Cl. The standard InChI is InChI=1S/C24H20Cl2N2O2S2/c25-19-15-5-1-3-7-17(15)31-21(19)23(29)27-13-9-11-14(12-10-13)28-24(30)22-20(26)16-6-2-4-8-18(16)32-22/h1-8,13-14H,9-12H2,(H,27,29)(H,28,30). The highest BCUT2D eigenvalue weighted by atomic mass is 35.5. The summed E-state index contributed by atoms with van der Waals surface area (Å²) in [5.74, 6) is -0.249. The van der Waals surface area contributed by atoms with Crippen LogP contribution in [0, 0.1) is 0 Å². The molecule has 0 unspecified atom stereocenters. The van der Waals surface area contributed by atoms with Crippen molar-refractivity contribution < 1.29 is 9.59 Å². The first-order valence-corrected chi connectivity index (χ1v) is 12.9. The van der Waals surface area contributed by atoms with Crippen molar-refractivity contribution in [3.05, 3.63) is 68.3 Å². The Morgan fingerprint density at radius 1 is 0.688 bits per heavy atom. The fraction of sp³-hybridized carbons (Fsp3) is 0.250. The van der Waals surface area contributed by atoms with Crippen molar-refractivity contribution >= 4 is 77.9 Å². The molecule has 0 saturated heterocycles. The van der Waals surface area contributed by atoms with Crippen LogP contribution in [0.1, 0.15) is 45.0 Å². The van der Waals surface area contributed by atoms with Crippen LogP contribution in [0.15, 0.2) is 48.5 Å². The van der Waals surface area contributed by atoms with E-state index >= 15 is 0 Å². The molecule has 1 saturated carbocycles. The molecule has 164 valence electrons. The lowest BCUT2D eigenvalue weighted by molar-refractivity contribution is 0.0896. The first-order chi connectivity index (χ1) is 15.5. The summed E-state index contributed by atoms with van der Waals surface area (Å²) in [6.45, 7) is 0. The van der Waals surface area contributed by atoms with Crippen LogP contribution < -0.4 is 10.6 Å². The minimum Gasteiger partial charge on any atom is -0.349 e. The maximum Gasteiger partial charge on any atom is 0.263 e. The number of halogens is 2. The molecule has 2 aromatic heterocycles. The highest BCUT2D eigenvalue weighted by Gasteiger charge is 2.27. The zero-order valence-corrected chi connectivity index (χ0v) is 20.1. The second-order valence-corrected chi connectivity index (χ2v) is 10.8. The van der Waals surface area contributed by atoms with E-state index in [1.54, 1.807) is 0 Å². The van der Waals surface area contributed by atoms with E-state index in [0.717, 1.165) is 45.9 Å². The second kappa shape index (κ2) is 9.02. The summed E-state index contributed by atoms with van der Waals surface area (Å²) in [5, 5.41) is 9.11. The lowest BCUT2D eigenvalue weighted by Gasteiger charge is -2.29. The Kier molecular flexibility index (Phi) is 6.12. The molecule has 4 aromatic rings. The molecule has 2 heterocycles. The topological polar surface area (TPSA) is 58.2 Å². The predicted octanol–water partition coefficient (Wildman–Crippen LogP) is 6.89. The van der Waals surface area contributed by atoms with Crippen molar-refractivity contribution in [1.82, 2.24) is 10.6 Å². The van der Waals surface area contributed by atoms with Crippen LogP contribution in [0.25, 0.3) is 20.2 Å². The van der Waals surface area contributed by atoms with Crippen LogP contribution in [-0.4, -0.2) is 23.9 Å². The monoisotopic (exact) mass is 502 g/mol. The van der Waals surface area contributed by atoms with E-state index in [2.05, 4.69) is 10.6 Å². The number of thiophene rings is 2. The minimum atomic E-state index is -0.124. The largest absolute Gasteiger partial charge is 0.349 e. The van der Waals surface area contributed by atoms with Crippen molar-refractivity contribution in [2.75, 3.05) is 0 Å². The van der Waals surface area contributed by atoms with Crippen LogP contribution in [0.3, 0.4) is 0 Å². The fourth-order valence-electron chi connectivity index (χ4n) is 4.20. The maximum atomic E-state index is 12.8. The van der Waals surface area contributed by atoms with Crippen molar-refractivity contribution in [2.45, 2.75) is 37.8 Å². The summed E-state index contributed by atoms with van der Waals surface area (Å²) in [7, 11) is 0. The molecule has 0 atom stereocenters. The molecule has 4 nitrogen and oxygen atoms in total. The lowest BCUT2D eigenvalue weighted by Crippen LogP contribution is -2.43. The number of amides is 2. The van der Waals surface area contributed by atoms with E-state index in [0.29, 0.717) is 19.8 Å². The van der Waals surface area contributed by atoms with Gasteiger partial charge in [-0.25, -0.2) is 0 Å². The van der Waals surface area contributed by atoms with Gasteiger partial charge in [-0.15, -0.1) is 22.7 Å². The number of hydrogen-bond acceptors (Lipinski definition) is 4. The Morgan fingerprint density at radius 3 is 1.44 bits per heavy atom. The summed E-state index contributed by atoms with van der Waals surface area (Å²) in [4.78, 5) is 26.7. The van der Waals surface area contributed by atoms with Crippen molar-refractivity contribution in [2.24, 2.45) is 0 Å². The molecule has 1 aliphatic carbocycles. The molecule has 2 amide bonds. The average Bonchev–Trinajstić information content (AvgIpc) is 3.33. The molecule has 0 aliphatic heterocycles. The molecule has 2 aromatic carbocycles. The van der Waals surface area contributed by atoms with Gasteiger partial charge in [0.15, 0.2) is 0 Å². The fourth-order valence-corrected chi connectivity index (χ4v) is 7.04. The van der Waals surface area contributed by atoms with E-state index in [4.69, 9.17) is 23.2 Å². The van der Waals surface area contributed by atoms with Gasteiger partial charge in [-0.1, -0.05) is 59.6 Å². The number of carbonyl (C=O) groups excluding carboxylic acids is 2. The Morgan fingerprint density at radius 2 is 1.06 bits per heavy atom. The molecule has 32 heavy (non-hydrogen) atoms. The number of carbonyl (C=O) groups is 2. The summed E-state index contributed by atoms with van der Waals surface area (Å²) in [5.41, 5.74) is 0. The minimum absolute atomic E-state index is 0.0739. The third-order valence-electron chi connectivity index (χ3n) is 5.88. The van der Waals surface area contributed by atoms with Crippen LogP contribution in [-0.2, 0) is 0 Å². The quantitative estimate of drug-likeness (QED) is 0.319. The van der Waals surface area contributed by atoms with Gasteiger partial charge in [-0.3, -0.25) is 9.59 Å². The molecule has 1 aliphatic rings. The van der Waals surface area contributed by atoms with Gasteiger partial charge in [0.25, 0.3) is 11.8 Å². The molecule has 0 radical (unpaired) electrons. The molecule has 1 fully saturated rings. The molecule has 0 bridgehead atoms. The number of nitrogens with one attached hydrogen (secondary N) is 2. The van der Waals surface area contributed by atoms with Gasteiger partial charge in [-0.05, 0) is 37.8 Å². The number of fused-ring (bicyclic) bond motifs is 2. The normalized spacial score (nSPS) is 18.7. The van der Waals surface area contributed by atoms with Gasteiger partial charge >= 0.3 is 0 Å². The highest BCUT2D eigenvalue weighted by Crippen LogP contribution is 2.36. The summed E-state index contributed by atoms with van der Waals surface area (Å²) in [6.07, 6.45) is 3.22. The maximum absolute atomic E-state index is 12.8. The molecule has 5 rings (SSSR count). The highest BCUT2D eigenvalue weighted by molar-refractivity contribution is 7.22. The first kappa shape index (κ1) is 21.7. The Hall–Kier alpha value is -2.12. The van der Waals surface area contributed by atoms with Gasteiger partial charge in [0, 0.05) is 32.3 Å². The van der Waals surface area contributed by atoms with Crippen LogP contribution in [0.2, 0.25) is 10.0 Å². The van der Waals surface area contributed by atoms with Gasteiger partial charge in [0.2, 0.25) is 0 Å². The molecule has 8 heteroatoms. The van der Waals surface area contributed by atoms with Crippen LogP contribution >= 0.6 is 45.9 Å². The van der Waals surface area contributed by atoms with E-state index in [1.807, 2.05) is 48.5 Å². The van der Waals surface area contributed by atoms with Gasteiger partial charge in [-0.2, -0.15) is 0 Å².